The first-order valence-corrected chi connectivity index (χ1v) is 5.95. The number of hydrogen-bond donors (Lipinski definition) is 3. The summed E-state index contributed by atoms with van der Waals surface area (Å²) in [6, 6.07) is 7.09. The zero-order valence-corrected chi connectivity index (χ0v) is 11.4. The van der Waals surface area contributed by atoms with Crippen LogP contribution in [0.15, 0.2) is 36.4 Å². The van der Waals surface area contributed by atoms with Crippen LogP contribution in [0.5, 0.6) is 0 Å². The van der Waals surface area contributed by atoms with Gasteiger partial charge >= 0.3 is 0 Å². The molecule has 0 saturated carbocycles. The molecule has 0 aliphatic rings. The molecule has 4 nitrogen and oxygen atoms in total. The van der Waals surface area contributed by atoms with Crippen molar-refractivity contribution in [2.45, 2.75) is 6.92 Å². The van der Waals surface area contributed by atoms with Crippen LogP contribution in [0, 0.1) is 0 Å². The fourth-order valence-electron chi connectivity index (χ4n) is 1.26. The van der Waals surface area contributed by atoms with Gasteiger partial charge in [-0.1, -0.05) is 12.2 Å². The van der Waals surface area contributed by atoms with Crippen LogP contribution in [0.3, 0.4) is 0 Å². The molecule has 0 spiro atoms. The number of carbonyl (C=O) groups excluding carboxylic acids is 1. The number of benzene rings is 1. The molecule has 0 aromatic heterocycles. The number of hydrogen-bond acceptors (Lipinski definition) is 2. The largest absolute Gasteiger partial charge is 0.359 e. The normalized spacial score (nSPS) is 9.44. The molecule has 1 amide bonds. The van der Waals surface area contributed by atoms with Gasteiger partial charge in [-0.2, -0.15) is 0 Å². The van der Waals surface area contributed by atoms with Crippen molar-refractivity contribution in [3.63, 3.8) is 0 Å². The number of thiocarbonyl (C=S) groups is 1. The van der Waals surface area contributed by atoms with Crippen LogP contribution in [0.4, 0.5) is 5.69 Å². The summed E-state index contributed by atoms with van der Waals surface area (Å²) < 4.78 is 0. The topological polar surface area (TPSA) is 53.2 Å². The van der Waals surface area contributed by atoms with E-state index in [0.717, 1.165) is 11.3 Å². The van der Waals surface area contributed by atoms with Crippen LogP contribution >= 0.6 is 12.2 Å². The molecule has 96 valence electrons. The van der Waals surface area contributed by atoms with Crippen molar-refractivity contribution in [2.24, 2.45) is 0 Å². The molecule has 1 aromatic rings. The van der Waals surface area contributed by atoms with Gasteiger partial charge in [0.15, 0.2) is 5.11 Å². The number of amides is 1. The minimum atomic E-state index is -0.107. The summed E-state index contributed by atoms with van der Waals surface area (Å²) in [6.45, 7) is 6.35. The van der Waals surface area contributed by atoms with Crippen LogP contribution in [-0.4, -0.2) is 24.6 Å². The van der Waals surface area contributed by atoms with E-state index in [4.69, 9.17) is 12.2 Å². The highest BCUT2D eigenvalue weighted by Gasteiger charge is 2.02. The van der Waals surface area contributed by atoms with Gasteiger partial charge in [-0.3, -0.25) is 4.79 Å². The van der Waals surface area contributed by atoms with Crippen LogP contribution in [0.25, 0.3) is 0 Å². The quantitative estimate of drug-likeness (QED) is 0.574. The van der Waals surface area contributed by atoms with Crippen molar-refractivity contribution in [3.05, 3.63) is 42.0 Å². The predicted molar refractivity (Wildman–Crippen MR) is 78.9 cm³/mol. The maximum absolute atomic E-state index is 11.3. The summed E-state index contributed by atoms with van der Waals surface area (Å²) in [5, 5.41) is 9.15. The van der Waals surface area contributed by atoms with Gasteiger partial charge in [0.2, 0.25) is 0 Å². The fourth-order valence-corrected chi connectivity index (χ4v) is 1.45. The van der Waals surface area contributed by atoms with Gasteiger partial charge in [0.1, 0.15) is 0 Å². The Hall–Kier alpha value is -1.88. The molecule has 1 rings (SSSR count). The molecule has 0 unspecified atom stereocenters. The standard InChI is InChI=1S/C13H17N3OS/c1-9(2)8-15-13(18)16-11-6-4-10(5-7-11)12(17)14-3/h4-7H,1,8H2,2-3H3,(H,14,17)(H2,15,16,18). The second kappa shape index (κ2) is 6.76. The van der Waals surface area contributed by atoms with Crippen molar-refractivity contribution >= 4 is 28.9 Å². The molecule has 0 bridgehead atoms. The summed E-state index contributed by atoms with van der Waals surface area (Å²) in [5.41, 5.74) is 2.46. The second-order valence-corrected chi connectivity index (χ2v) is 4.33. The molecule has 1 aromatic carbocycles. The van der Waals surface area contributed by atoms with E-state index in [9.17, 15) is 4.79 Å². The molecule has 0 saturated heterocycles. The Labute approximate surface area is 112 Å². The zero-order chi connectivity index (χ0) is 13.5. The number of anilines is 1. The first-order chi connectivity index (χ1) is 8.52. The second-order valence-electron chi connectivity index (χ2n) is 3.92. The Morgan fingerprint density at radius 1 is 1.33 bits per heavy atom. The van der Waals surface area contributed by atoms with Crippen LogP contribution in [-0.2, 0) is 0 Å². The lowest BCUT2D eigenvalue weighted by atomic mass is 10.2. The molecule has 0 radical (unpaired) electrons. The van der Waals surface area contributed by atoms with E-state index >= 15 is 0 Å². The number of nitrogens with one attached hydrogen (secondary N) is 3. The van der Waals surface area contributed by atoms with Gasteiger partial charge in [-0.15, -0.1) is 0 Å². The van der Waals surface area contributed by atoms with Gasteiger partial charge in [-0.25, -0.2) is 0 Å². The lowest BCUT2D eigenvalue weighted by Gasteiger charge is -2.10. The summed E-state index contributed by atoms with van der Waals surface area (Å²) >= 11 is 5.12. The summed E-state index contributed by atoms with van der Waals surface area (Å²) in [5.74, 6) is -0.107. The molecule has 0 aliphatic carbocycles. The van der Waals surface area contributed by atoms with E-state index in [2.05, 4.69) is 22.5 Å². The van der Waals surface area contributed by atoms with Crippen LogP contribution in [0.2, 0.25) is 0 Å². The van der Waals surface area contributed by atoms with Gasteiger partial charge in [-0.05, 0) is 43.4 Å². The third kappa shape index (κ3) is 4.55. The number of carbonyl (C=O) groups is 1. The van der Waals surface area contributed by atoms with Crippen molar-refractivity contribution in [2.75, 3.05) is 18.9 Å². The summed E-state index contributed by atoms with van der Waals surface area (Å²) in [7, 11) is 1.60. The molecule has 5 heteroatoms. The minimum Gasteiger partial charge on any atom is -0.359 e. The van der Waals surface area contributed by atoms with Crippen molar-refractivity contribution in [3.8, 4) is 0 Å². The minimum absolute atomic E-state index is 0.107. The maximum atomic E-state index is 11.3. The first kappa shape index (κ1) is 14.2. The molecule has 0 atom stereocenters. The predicted octanol–water partition coefficient (Wildman–Crippen LogP) is 1.91. The van der Waals surface area contributed by atoms with Crippen molar-refractivity contribution in [1.82, 2.24) is 10.6 Å². The van der Waals surface area contributed by atoms with Crippen molar-refractivity contribution < 1.29 is 4.79 Å². The van der Waals surface area contributed by atoms with Gasteiger partial charge in [0.05, 0.1) is 0 Å². The molecular weight excluding hydrogens is 246 g/mol. The van der Waals surface area contributed by atoms with E-state index < -0.39 is 0 Å². The van der Waals surface area contributed by atoms with Crippen molar-refractivity contribution in [1.29, 1.82) is 0 Å². The zero-order valence-electron chi connectivity index (χ0n) is 10.5. The van der Waals surface area contributed by atoms with Crippen LogP contribution < -0.4 is 16.0 Å². The highest BCUT2D eigenvalue weighted by Crippen LogP contribution is 2.09. The fraction of sp³-hybridized carbons (Fsp3) is 0.231. The SMILES string of the molecule is C=C(C)CNC(=S)Nc1ccc(C(=O)NC)cc1. The Bertz CT molecular complexity index is 454. The van der Waals surface area contributed by atoms with Gasteiger partial charge in [0.25, 0.3) is 5.91 Å². The third-order valence-corrected chi connectivity index (χ3v) is 2.43. The lowest BCUT2D eigenvalue weighted by molar-refractivity contribution is 0.0963. The maximum Gasteiger partial charge on any atom is 0.251 e. The smallest absolute Gasteiger partial charge is 0.251 e. The molecule has 0 heterocycles. The lowest BCUT2D eigenvalue weighted by Crippen LogP contribution is -2.29. The Morgan fingerprint density at radius 2 is 1.94 bits per heavy atom. The van der Waals surface area contributed by atoms with E-state index in [0.29, 0.717) is 17.2 Å². The van der Waals surface area contributed by atoms with E-state index in [-0.39, 0.29) is 5.91 Å². The summed E-state index contributed by atoms with van der Waals surface area (Å²) in [4.78, 5) is 11.3. The monoisotopic (exact) mass is 263 g/mol. The van der Waals surface area contributed by atoms with E-state index in [1.807, 2.05) is 6.92 Å². The van der Waals surface area contributed by atoms with Gasteiger partial charge in [0, 0.05) is 24.8 Å². The molecule has 0 fully saturated rings. The van der Waals surface area contributed by atoms with E-state index in [1.54, 1.807) is 31.3 Å². The molecule has 18 heavy (non-hydrogen) atoms. The van der Waals surface area contributed by atoms with E-state index in [1.165, 1.54) is 0 Å². The average Bonchev–Trinajstić information content (AvgIpc) is 2.36. The van der Waals surface area contributed by atoms with Gasteiger partial charge < -0.3 is 16.0 Å². The highest BCUT2D eigenvalue weighted by molar-refractivity contribution is 7.80. The van der Waals surface area contributed by atoms with Crippen LogP contribution in [0.1, 0.15) is 17.3 Å². The first-order valence-electron chi connectivity index (χ1n) is 5.54. The molecular formula is C13H17N3OS. The molecule has 0 aliphatic heterocycles. The number of rotatable bonds is 4. The Balaban J connectivity index is 2.55. The Morgan fingerprint density at radius 3 is 2.44 bits per heavy atom. The molecule has 3 N–H and O–H groups in total. The average molecular weight is 263 g/mol. The summed E-state index contributed by atoms with van der Waals surface area (Å²) in [6.07, 6.45) is 0. The highest BCUT2D eigenvalue weighted by atomic mass is 32.1. The Kier molecular flexibility index (Phi) is 5.32. The third-order valence-electron chi connectivity index (χ3n) is 2.18.